The number of hydrogen-bond acceptors (Lipinski definition) is 3. The van der Waals surface area contributed by atoms with Gasteiger partial charge >= 0.3 is 0 Å². The molecule has 1 aromatic carbocycles. The normalized spacial score (nSPS) is 17.4. The highest BCUT2D eigenvalue weighted by atomic mass is 16.5. The first-order valence-electron chi connectivity index (χ1n) is 6.74. The number of hydroxylamine groups is 1. The Labute approximate surface area is 117 Å². The molecule has 2 N–H and O–H groups in total. The molecular formula is C16H16N2O2. The van der Waals surface area contributed by atoms with Crippen LogP contribution in [0, 0.1) is 5.92 Å². The maximum absolute atomic E-state index is 11.6. The van der Waals surface area contributed by atoms with Gasteiger partial charge in [0.2, 0.25) is 5.91 Å². The molecule has 1 aliphatic carbocycles. The second kappa shape index (κ2) is 5.43. The minimum absolute atomic E-state index is 0.139. The van der Waals surface area contributed by atoms with Gasteiger partial charge in [0.05, 0.1) is 0 Å². The van der Waals surface area contributed by atoms with Crippen LogP contribution in [0.15, 0.2) is 42.7 Å². The summed E-state index contributed by atoms with van der Waals surface area (Å²) < 4.78 is 0. The number of aryl methyl sites for hydroxylation is 1. The molecule has 0 fully saturated rings. The Morgan fingerprint density at radius 2 is 1.95 bits per heavy atom. The summed E-state index contributed by atoms with van der Waals surface area (Å²) >= 11 is 0. The highest BCUT2D eigenvalue weighted by Crippen LogP contribution is 2.29. The van der Waals surface area contributed by atoms with Gasteiger partial charge in [0.15, 0.2) is 0 Å². The van der Waals surface area contributed by atoms with Crippen molar-refractivity contribution >= 4 is 5.91 Å². The largest absolute Gasteiger partial charge is 0.289 e. The monoisotopic (exact) mass is 268 g/mol. The summed E-state index contributed by atoms with van der Waals surface area (Å²) in [5.74, 6) is -0.426. The number of hydrogen-bond donors (Lipinski definition) is 2. The fourth-order valence-electron chi connectivity index (χ4n) is 2.80. The maximum Gasteiger partial charge on any atom is 0.246 e. The van der Waals surface area contributed by atoms with Crippen molar-refractivity contribution in [2.24, 2.45) is 5.92 Å². The van der Waals surface area contributed by atoms with E-state index in [4.69, 9.17) is 5.21 Å². The molecule has 0 spiro atoms. The molecule has 1 heterocycles. The first kappa shape index (κ1) is 12.8. The Morgan fingerprint density at radius 1 is 1.15 bits per heavy atom. The fraction of sp³-hybridized carbons (Fsp3) is 0.250. The van der Waals surface area contributed by atoms with Crippen molar-refractivity contribution in [3.63, 3.8) is 0 Å². The zero-order valence-electron chi connectivity index (χ0n) is 11.0. The van der Waals surface area contributed by atoms with Gasteiger partial charge in [0.25, 0.3) is 0 Å². The van der Waals surface area contributed by atoms with E-state index in [9.17, 15) is 4.79 Å². The molecule has 2 aromatic rings. The molecule has 0 saturated carbocycles. The number of carbonyl (C=O) groups excluding carboxylic acids is 1. The molecule has 4 nitrogen and oxygen atoms in total. The average molecular weight is 268 g/mol. The molecule has 20 heavy (non-hydrogen) atoms. The summed E-state index contributed by atoms with van der Waals surface area (Å²) in [6.07, 6.45) is 5.90. The van der Waals surface area contributed by atoms with Crippen molar-refractivity contribution in [3.8, 4) is 11.1 Å². The molecular weight excluding hydrogens is 252 g/mol. The van der Waals surface area contributed by atoms with Crippen molar-refractivity contribution in [1.29, 1.82) is 0 Å². The molecule has 0 radical (unpaired) electrons. The zero-order valence-corrected chi connectivity index (χ0v) is 11.0. The number of amides is 1. The number of carbonyl (C=O) groups is 1. The van der Waals surface area contributed by atoms with E-state index in [0.717, 1.165) is 24.0 Å². The number of pyridine rings is 1. The fourth-order valence-corrected chi connectivity index (χ4v) is 2.80. The Bertz CT molecular complexity index is 626. The first-order valence-corrected chi connectivity index (χ1v) is 6.74. The van der Waals surface area contributed by atoms with E-state index < -0.39 is 0 Å². The van der Waals surface area contributed by atoms with Gasteiger partial charge in [0.1, 0.15) is 0 Å². The van der Waals surface area contributed by atoms with Crippen LogP contribution in [-0.4, -0.2) is 16.1 Å². The van der Waals surface area contributed by atoms with Crippen molar-refractivity contribution in [2.45, 2.75) is 19.3 Å². The number of aromatic nitrogens is 1. The Morgan fingerprint density at radius 3 is 2.70 bits per heavy atom. The minimum atomic E-state index is -0.287. The van der Waals surface area contributed by atoms with Crippen molar-refractivity contribution in [1.82, 2.24) is 10.5 Å². The molecule has 1 aromatic heterocycles. The second-order valence-corrected chi connectivity index (χ2v) is 5.14. The lowest BCUT2D eigenvalue weighted by molar-refractivity contribution is -0.133. The van der Waals surface area contributed by atoms with Gasteiger partial charge in [-0.05, 0) is 53.6 Å². The molecule has 1 atom stereocenters. The third-order valence-corrected chi connectivity index (χ3v) is 3.93. The molecule has 3 rings (SSSR count). The summed E-state index contributed by atoms with van der Waals surface area (Å²) in [4.78, 5) is 15.6. The van der Waals surface area contributed by atoms with Crippen LogP contribution < -0.4 is 5.48 Å². The van der Waals surface area contributed by atoms with Crippen LogP contribution in [-0.2, 0) is 17.6 Å². The van der Waals surface area contributed by atoms with Gasteiger partial charge < -0.3 is 0 Å². The third-order valence-electron chi connectivity index (χ3n) is 3.93. The summed E-state index contributed by atoms with van der Waals surface area (Å²) in [6.45, 7) is 0. The molecule has 1 unspecified atom stereocenters. The van der Waals surface area contributed by atoms with Gasteiger partial charge in [-0.25, -0.2) is 5.48 Å². The van der Waals surface area contributed by atoms with Gasteiger partial charge in [-0.2, -0.15) is 0 Å². The lowest BCUT2D eigenvalue weighted by atomic mass is 9.82. The predicted molar refractivity (Wildman–Crippen MR) is 75.1 cm³/mol. The van der Waals surface area contributed by atoms with Crippen molar-refractivity contribution in [2.75, 3.05) is 0 Å². The number of benzene rings is 1. The second-order valence-electron chi connectivity index (χ2n) is 5.14. The molecule has 1 amide bonds. The highest BCUT2D eigenvalue weighted by molar-refractivity contribution is 5.78. The van der Waals surface area contributed by atoms with Crippen LogP contribution in [0.2, 0.25) is 0 Å². The molecule has 0 saturated heterocycles. The molecule has 1 aliphatic rings. The zero-order chi connectivity index (χ0) is 13.9. The Balaban J connectivity index is 1.91. The average Bonchev–Trinajstić information content (AvgIpc) is 2.54. The lowest BCUT2D eigenvalue weighted by Gasteiger charge is -2.23. The first-order chi connectivity index (χ1) is 9.78. The maximum atomic E-state index is 11.6. The number of nitrogens with zero attached hydrogens (tertiary/aromatic N) is 1. The van der Waals surface area contributed by atoms with Crippen LogP contribution in [0.5, 0.6) is 0 Å². The van der Waals surface area contributed by atoms with Crippen molar-refractivity contribution < 1.29 is 10.0 Å². The summed E-state index contributed by atoms with van der Waals surface area (Å²) in [7, 11) is 0. The molecule has 102 valence electrons. The van der Waals surface area contributed by atoms with Crippen LogP contribution >= 0.6 is 0 Å². The van der Waals surface area contributed by atoms with E-state index in [1.165, 1.54) is 11.1 Å². The van der Waals surface area contributed by atoms with E-state index in [2.05, 4.69) is 23.2 Å². The van der Waals surface area contributed by atoms with Gasteiger partial charge in [-0.3, -0.25) is 15.0 Å². The van der Waals surface area contributed by atoms with E-state index in [1.807, 2.05) is 12.1 Å². The van der Waals surface area contributed by atoms with Crippen LogP contribution in [0.25, 0.3) is 11.1 Å². The van der Waals surface area contributed by atoms with E-state index in [0.29, 0.717) is 6.42 Å². The van der Waals surface area contributed by atoms with E-state index in [-0.39, 0.29) is 11.8 Å². The van der Waals surface area contributed by atoms with E-state index in [1.54, 1.807) is 17.9 Å². The SMILES string of the molecule is O=C(NO)C1CCc2ccc(-c3ccncc3)cc2C1. The van der Waals surface area contributed by atoms with Gasteiger partial charge in [-0.15, -0.1) is 0 Å². The minimum Gasteiger partial charge on any atom is -0.289 e. The van der Waals surface area contributed by atoms with E-state index >= 15 is 0 Å². The van der Waals surface area contributed by atoms with Crippen LogP contribution in [0.4, 0.5) is 0 Å². The standard InChI is InChI=1S/C16H16N2O2/c19-16(18-20)14-4-2-11-1-3-13(9-15(11)10-14)12-5-7-17-8-6-12/h1,3,5-9,14,20H,2,4,10H2,(H,18,19). The summed E-state index contributed by atoms with van der Waals surface area (Å²) in [6, 6.07) is 10.3. The van der Waals surface area contributed by atoms with Crippen LogP contribution in [0.3, 0.4) is 0 Å². The topological polar surface area (TPSA) is 62.2 Å². The molecule has 4 heteroatoms. The smallest absolute Gasteiger partial charge is 0.246 e. The number of rotatable bonds is 2. The highest BCUT2D eigenvalue weighted by Gasteiger charge is 2.24. The Hall–Kier alpha value is -2.20. The number of fused-ring (bicyclic) bond motifs is 1. The summed E-state index contributed by atoms with van der Waals surface area (Å²) in [5, 5.41) is 8.76. The molecule has 0 bridgehead atoms. The van der Waals surface area contributed by atoms with Gasteiger partial charge in [-0.1, -0.05) is 18.2 Å². The Kier molecular flexibility index (Phi) is 3.48. The predicted octanol–water partition coefficient (Wildman–Crippen LogP) is 2.36. The quantitative estimate of drug-likeness (QED) is 0.649. The van der Waals surface area contributed by atoms with Gasteiger partial charge in [0, 0.05) is 18.3 Å². The molecule has 0 aliphatic heterocycles. The lowest BCUT2D eigenvalue weighted by Crippen LogP contribution is -2.31. The van der Waals surface area contributed by atoms with Crippen LogP contribution in [0.1, 0.15) is 17.5 Å². The van der Waals surface area contributed by atoms with Crippen molar-refractivity contribution in [3.05, 3.63) is 53.9 Å². The summed E-state index contributed by atoms with van der Waals surface area (Å²) in [5.41, 5.74) is 6.51. The number of nitrogens with one attached hydrogen (secondary N) is 1. The third kappa shape index (κ3) is 2.42.